The molecule has 0 radical (unpaired) electrons. The minimum atomic E-state index is -0.304. The fourth-order valence-corrected chi connectivity index (χ4v) is 2.55. The van der Waals surface area contributed by atoms with Crippen molar-refractivity contribution in [3.05, 3.63) is 46.6 Å². The lowest BCUT2D eigenvalue weighted by atomic mass is 9.72. The third-order valence-electron chi connectivity index (χ3n) is 4.22. The molecule has 0 aliphatic rings. The molecule has 0 unspecified atom stereocenters. The maximum atomic E-state index is 13.2. The van der Waals surface area contributed by atoms with Gasteiger partial charge in [0, 0.05) is 11.8 Å². The molecule has 0 aromatic rings. The molecule has 24 heavy (non-hydrogen) atoms. The van der Waals surface area contributed by atoms with Crippen LogP contribution in [0.25, 0.3) is 0 Å². The highest BCUT2D eigenvalue weighted by Gasteiger charge is 2.34. The van der Waals surface area contributed by atoms with Gasteiger partial charge in [-0.2, -0.15) is 0 Å². The number of rotatable bonds is 10. The molecule has 0 spiro atoms. The lowest BCUT2D eigenvalue weighted by Gasteiger charge is -2.30. The third kappa shape index (κ3) is 9.70. The molecular weight excluding hydrogens is 292 g/mol. The molecular formula is C23H38O. The smallest absolute Gasteiger partial charge is 0.140 e. The van der Waals surface area contributed by atoms with Gasteiger partial charge in [-0.05, 0) is 81.1 Å². The van der Waals surface area contributed by atoms with E-state index >= 15 is 0 Å². The van der Waals surface area contributed by atoms with Gasteiger partial charge in [0.2, 0.25) is 0 Å². The highest BCUT2D eigenvalue weighted by molar-refractivity contribution is 5.85. The van der Waals surface area contributed by atoms with E-state index in [1.807, 2.05) is 0 Å². The summed E-state index contributed by atoms with van der Waals surface area (Å²) >= 11 is 0. The summed E-state index contributed by atoms with van der Waals surface area (Å²) in [4.78, 5) is 13.2. The Morgan fingerprint density at radius 1 is 0.625 bits per heavy atom. The Balaban J connectivity index is 5.61. The van der Waals surface area contributed by atoms with Crippen LogP contribution >= 0.6 is 0 Å². The fourth-order valence-electron chi connectivity index (χ4n) is 2.55. The zero-order valence-electron chi connectivity index (χ0n) is 17.3. The van der Waals surface area contributed by atoms with Crippen LogP contribution < -0.4 is 0 Å². The molecule has 1 heteroatoms. The molecule has 0 aliphatic heterocycles. The van der Waals surface area contributed by atoms with Crippen molar-refractivity contribution in [3.63, 3.8) is 0 Å². The van der Waals surface area contributed by atoms with Gasteiger partial charge in [0.25, 0.3) is 0 Å². The Labute approximate surface area is 150 Å². The SMILES string of the molecule is CC(C)=CCCC(=O)C(CC=C(C)C)(CC=C(C)C)CC=C(C)C. The van der Waals surface area contributed by atoms with Gasteiger partial charge in [-0.1, -0.05) is 46.6 Å². The minimum Gasteiger partial charge on any atom is -0.299 e. The molecule has 1 nitrogen and oxygen atoms in total. The summed E-state index contributed by atoms with van der Waals surface area (Å²) in [6.45, 7) is 16.8. The van der Waals surface area contributed by atoms with Crippen LogP contribution in [0.3, 0.4) is 0 Å². The Bertz CT molecular complexity index is 460. The fraction of sp³-hybridized carbons (Fsp3) is 0.609. The second-order valence-corrected chi connectivity index (χ2v) is 7.98. The summed E-state index contributed by atoms with van der Waals surface area (Å²) in [7, 11) is 0. The quantitative estimate of drug-likeness (QED) is 0.382. The molecule has 0 saturated heterocycles. The van der Waals surface area contributed by atoms with E-state index in [-0.39, 0.29) is 5.41 Å². The molecule has 136 valence electrons. The van der Waals surface area contributed by atoms with Crippen molar-refractivity contribution in [1.82, 2.24) is 0 Å². The van der Waals surface area contributed by atoms with Gasteiger partial charge in [0.1, 0.15) is 5.78 Å². The lowest BCUT2D eigenvalue weighted by molar-refractivity contribution is -0.128. The van der Waals surface area contributed by atoms with E-state index in [1.54, 1.807) is 0 Å². The van der Waals surface area contributed by atoms with Crippen molar-refractivity contribution >= 4 is 5.78 Å². The van der Waals surface area contributed by atoms with E-state index in [9.17, 15) is 4.79 Å². The highest BCUT2D eigenvalue weighted by atomic mass is 16.1. The monoisotopic (exact) mass is 330 g/mol. The van der Waals surface area contributed by atoms with Crippen molar-refractivity contribution < 1.29 is 4.79 Å². The zero-order chi connectivity index (χ0) is 18.8. The minimum absolute atomic E-state index is 0.304. The van der Waals surface area contributed by atoms with Crippen LogP contribution in [0.1, 0.15) is 87.5 Å². The molecule has 0 aromatic heterocycles. The van der Waals surface area contributed by atoms with E-state index < -0.39 is 0 Å². The summed E-state index contributed by atoms with van der Waals surface area (Å²) in [5.41, 5.74) is 4.83. The highest BCUT2D eigenvalue weighted by Crippen LogP contribution is 2.37. The third-order valence-corrected chi connectivity index (χ3v) is 4.22. The topological polar surface area (TPSA) is 17.1 Å². The molecule has 0 atom stereocenters. The Hall–Kier alpha value is -1.37. The van der Waals surface area contributed by atoms with Crippen molar-refractivity contribution in [1.29, 1.82) is 0 Å². The van der Waals surface area contributed by atoms with E-state index in [0.29, 0.717) is 12.2 Å². The van der Waals surface area contributed by atoms with Crippen molar-refractivity contribution in [3.8, 4) is 0 Å². The number of carbonyl (C=O) groups excluding carboxylic acids is 1. The summed E-state index contributed by atoms with van der Waals surface area (Å²) in [6, 6.07) is 0. The first-order valence-corrected chi connectivity index (χ1v) is 9.16. The maximum Gasteiger partial charge on any atom is 0.140 e. The predicted molar refractivity (Wildman–Crippen MR) is 108 cm³/mol. The molecule has 0 heterocycles. The lowest BCUT2D eigenvalue weighted by Crippen LogP contribution is -2.30. The Kier molecular flexibility index (Phi) is 10.6. The average Bonchev–Trinajstić information content (AvgIpc) is 2.45. The van der Waals surface area contributed by atoms with Crippen LogP contribution in [0.5, 0.6) is 0 Å². The zero-order valence-corrected chi connectivity index (χ0v) is 17.3. The second kappa shape index (κ2) is 11.2. The molecule has 0 rings (SSSR count). The van der Waals surface area contributed by atoms with Crippen molar-refractivity contribution in [2.45, 2.75) is 87.5 Å². The van der Waals surface area contributed by atoms with Crippen LogP contribution in [0.2, 0.25) is 0 Å². The summed E-state index contributed by atoms with van der Waals surface area (Å²) < 4.78 is 0. The van der Waals surface area contributed by atoms with Gasteiger partial charge in [0.15, 0.2) is 0 Å². The number of Topliss-reactive ketones (excluding diaryl/α,β-unsaturated/α-hetero) is 1. The first-order chi connectivity index (χ1) is 11.1. The van der Waals surface area contributed by atoms with Crippen LogP contribution in [-0.4, -0.2) is 5.78 Å². The first kappa shape index (κ1) is 22.6. The molecule has 0 fully saturated rings. The van der Waals surface area contributed by atoms with Gasteiger partial charge in [0.05, 0.1) is 0 Å². The van der Waals surface area contributed by atoms with E-state index in [0.717, 1.165) is 25.7 Å². The van der Waals surface area contributed by atoms with E-state index in [2.05, 4.69) is 79.7 Å². The standard InChI is InChI=1S/C23H38O/c1-18(2)10-9-11-22(24)23(15-12-19(3)4,16-13-20(5)6)17-14-21(7)8/h10,12-14H,9,11,15-17H2,1-8H3. The Morgan fingerprint density at radius 3 is 1.25 bits per heavy atom. The molecule has 0 bridgehead atoms. The molecule has 0 aliphatic carbocycles. The second-order valence-electron chi connectivity index (χ2n) is 7.98. The maximum absolute atomic E-state index is 13.2. The van der Waals surface area contributed by atoms with Crippen LogP contribution in [-0.2, 0) is 4.79 Å². The van der Waals surface area contributed by atoms with Gasteiger partial charge < -0.3 is 0 Å². The van der Waals surface area contributed by atoms with Crippen molar-refractivity contribution in [2.75, 3.05) is 0 Å². The summed E-state index contributed by atoms with van der Waals surface area (Å²) in [5, 5.41) is 0. The largest absolute Gasteiger partial charge is 0.299 e. The van der Waals surface area contributed by atoms with Crippen LogP contribution in [0.15, 0.2) is 46.6 Å². The number of hydrogen-bond acceptors (Lipinski definition) is 1. The van der Waals surface area contributed by atoms with Crippen molar-refractivity contribution in [2.24, 2.45) is 5.41 Å². The van der Waals surface area contributed by atoms with Gasteiger partial charge >= 0.3 is 0 Å². The van der Waals surface area contributed by atoms with Gasteiger partial charge in [-0.25, -0.2) is 0 Å². The first-order valence-electron chi connectivity index (χ1n) is 9.16. The Morgan fingerprint density at radius 2 is 0.958 bits per heavy atom. The molecule has 0 aromatic carbocycles. The van der Waals surface area contributed by atoms with Crippen LogP contribution in [0, 0.1) is 5.41 Å². The average molecular weight is 331 g/mol. The molecule has 0 amide bonds. The van der Waals surface area contributed by atoms with Crippen LogP contribution in [0.4, 0.5) is 0 Å². The number of allylic oxidation sites excluding steroid dienone is 8. The van der Waals surface area contributed by atoms with Gasteiger partial charge in [-0.3, -0.25) is 4.79 Å². The predicted octanol–water partition coefficient (Wildman–Crippen LogP) is 7.36. The van der Waals surface area contributed by atoms with E-state index in [1.165, 1.54) is 22.3 Å². The summed E-state index contributed by atoms with van der Waals surface area (Å²) in [5.74, 6) is 0.396. The summed E-state index contributed by atoms with van der Waals surface area (Å²) in [6.07, 6.45) is 12.8. The van der Waals surface area contributed by atoms with E-state index in [4.69, 9.17) is 0 Å². The molecule has 0 N–H and O–H groups in total. The number of carbonyl (C=O) groups is 1. The normalized spacial score (nSPS) is 10.7. The number of ketones is 1. The number of hydrogen-bond donors (Lipinski definition) is 0. The van der Waals surface area contributed by atoms with Gasteiger partial charge in [-0.15, -0.1) is 0 Å². The molecule has 0 saturated carbocycles.